The number of halogens is 3. The third-order valence-corrected chi connectivity index (χ3v) is 6.39. The molecule has 2 heterocycles. The van der Waals surface area contributed by atoms with E-state index in [-0.39, 0.29) is 10.9 Å². The minimum atomic E-state index is -4.41. The Morgan fingerprint density at radius 1 is 1.09 bits per heavy atom. The van der Waals surface area contributed by atoms with E-state index in [0.717, 1.165) is 34.6 Å². The average Bonchev–Trinajstić information content (AvgIpc) is 3.27. The van der Waals surface area contributed by atoms with Crippen molar-refractivity contribution in [2.45, 2.75) is 38.6 Å². The lowest BCUT2D eigenvalue weighted by molar-refractivity contribution is -0.152. The van der Waals surface area contributed by atoms with Gasteiger partial charge in [-0.2, -0.15) is 13.2 Å². The van der Waals surface area contributed by atoms with Crippen LogP contribution in [-0.4, -0.2) is 39.0 Å². The predicted molar refractivity (Wildman–Crippen MR) is 120 cm³/mol. The number of carboxylic acids is 1. The fourth-order valence-corrected chi connectivity index (χ4v) is 4.37. The van der Waals surface area contributed by atoms with E-state index in [1.165, 1.54) is 26.0 Å². The highest BCUT2D eigenvalue weighted by Crippen LogP contribution is 2.32. The van der Waals surface area contributed by atoms with Gasteiger partial charge < -0.3 is 14.7 Å². The smallest absolute Gasteiger partial charge is 0.416 e. The number of aromatic nitrogens is 1. The van der Waals surface area contributed by atoms with Crippen LogP contribution in [0.1, 0.15) is 40.3 Å². The predicted octanol–water partition coefficient (Wildman–Crippen LogP) is 5.27. The number of benzene rings is 2. The average molecular weight is 491 g/mol. The number of nitrogens with zero attached hydrogens (tertiary/aromatic N) is 2. The summed E-state index contributed by atoms with van der Waals surface area (Å²) >= 11 is 1.15. The molecule has 1 N–H and O–H groups in total. The van der Waals surface area contributed by atoms with Crippen LogP contribution in [0.25, 0.3) is 11.3 Å². The maximum Gasteiger partial charge on any atom is 0.416 e. The minimum Gasteiger partial charge on any atom is -0.478 e. The van der Waals surface area contributed by atoms with Crippen molar-refractivity contribution in [1.82, 2.24) is 9.88 Å². The number of carboxylic acid groups (broad SMARTS) is 1. The van der Waals surface area contributed by atoms with Crippen molar-refractivity contribution < 1.29 is 32.6 Å². The van der Waals surface area contributed by atoms with Crippen LogP contribution in [0.3, 0.4) is 0 Å². The summed E-state index contributed by atoms with van der Waals surface area (Å²) in [7, 11) is 0. The van der Waals surface area contributed by atoms with Gasteiger partial charge in [0.2, 0.25) is 0 Å². The molecule has 6 nitrogen and oxygen atoms in total. The van der Waals surface area contributed by atoms with Gasteiger partial charge in [0.1, 0.15) is 5.75 Å². The van der Waals surface area contributed by atoms with Crippen LogP contribution in [0.15, 0.2) is 47.8 Å². The molecule has 34 heavy (non-hydrogen) atoms. The van der Waals surface area contributed by atoms with Gasteiger partial charge in [-0.05, 0) is 55.7 Å². The second-order valence-electron chi connectivity index (χ2n) is 8.44. The highest BCUT2D eigenvalue weighted by Gasteiger charge is 2.31. The number of carbonyl (C=O) groups excluding carboxylic acids is 1. The van der Waals surface area contributed by atoms with Gasteiger partial charge in [0.25, 0.3) is 5.91 Å². The molecule has 178 valence electrons. The Morgan fingerprint density at radius 3 is 2.44 bits per heavy atom. The van der Waals surface area contributed by atoms with Gasteiger partial charge in [-0.15, -0.1) is 11.3 Å². The number of hydrogen-bond acceptors (Lipinski definition) is 5. The van der Waals surface area contributed by atoms with Crippen LogP contribution < -0.4 is 4.74 Å². The number of ether oxygens (including phenoxy) is 1. The van der Waals surface area contributed by atoms with Crippen molar-refractivity contribution in [1.29, 1.82) is 0 Å². The van der Waals surface area contributed by atoms with Gasteiger partial charge in [0.15, 0.2) is 10.6 Å². The first-order valence-electron chi connectivity index (χ1n) is 10.4. The van der Waals surface area contributed by atoms with Gasteiger partial charge in [-0.25, -0.2) is 9.78 Å². The number of carbonyl (C=O) groups is 2. The number of amides is 1. The summed E-state index contributed by atoms with van der Waals surface area (Å²) in [4.78, 5) is 30.3. The molecule has 1 aliphatic heterocycles. The Labute approximate surface area is 197 Å². The van der Waals surface area contributed by atoms with E-state index in [2.05, 4.69) is 4.98 Å². The van der Waals surface area contributed by atoms with E-state index >= 15 is 0 Å². The van der Waals surface area contributed by atoms with E-state index in [9.17, 15) is 27.9 Å². The Morgan fingerprint density at radius 2 is 1.79 bits per heavy atom. The summed E-state index contributed by atoms with van der Waals surface area (Å²) in [5.41, 5.74) is 0.758. The van der Waals surface area contributed by atoms with Crippen molar-refractivity contribution in [3.8, 4) is 17.0 Å². The first kappa shape index (κ1) is 23.7. The molecule has 0 saturated carbocycles. The molecular weight excluding hydrogens is 469 g/mol. The molecule has 0 spiro atoms. The van der Waals surface area contributed by atoms with Crippen molar-refractivity contribution in [3.05, 3.63) is 69.5 Å². The molecule has 0 unspecified atom stereocenters. The molecule has 0 saturated heterocycles. The van der Waals surface area contributed by atoms with Crippen LogP contribution >= 0.6 is 11.3 Å². The molecule has 4 rings (SSSR count). The molecule has 0 atom stereocenters. The SMILES string of the molecule is CC(C)(Oc1ccc2c(c1)CCN(C(=O)c1nc(-c3ccc(C(F)(F)F)cc3)cs1)C2)C(=O)O. The molecule has 10 heteroatoms. The highest BCUT2D eigenvalue weighted by molar-refractivity contribution is 7.12. The number of rotatable bonds is 5. The second-order valence-corrected chi connectivity index (χ2v) is 9.30. The van der Waals surface area contributed by atoms with Gasteiger partial charge in [-0.1, -0.05) is 18.2 Å². The normalized spacial score (nSPS) is 14.0. The fourth-order valence-electron chi connectivity index (χ4n) is 3.57. The quantitative estimate of drug-likeness (QED) is 0.527. The zero-order valence-electron chi connectivity index (χ0n) is 18.3. The third-order valence-electron chi connectivity index (χ3n) is 5.56. The largest absolute Gasteiger partial charge is 0.478 e. The molecule has 3 aromatic rings. The molecule has 0 fully saturated rings. The van der Waals surface area contributed by atoms with E-state index < -0.39 is 23.3 Å². The first-order valence-corrected chi connectivity index (χ1v) is 11.3. The van der Waals surface area contributed by atoms with Crippen LogP contribution in [0, 0.1) is 0 Å². The Hall–Kier alpha value is -3.40. The third kappa shape index (κ3) is 4.91. The molecule has 1 aliphatic rings. The van der Waals surface area contributed by atoms with Gasteiger partial charge in [0.05, 0.1) is 11.3 Å². The van der Waals surface area contributed by atoms with E-state index in [1.807, 2.05) is 6.07 Å². The van der Waals surface area contributed by atoms with Crippen LogP contribution in [0.5, 0.6) is 5.75 Å². The van der Waals surface area contributed by atoms with Crippen molar-refractivity contribution >= 4 is 23.2 Å². The first-order chi connectivity index (χ1) is 15.9. The monoisotopic (exact) mass is 490 g/mol. The summed E-state index contributed by atoms with van der Waals surface area (Å²) in [6.45, 7) is 3.77. The minimum absolute atomic E-state index is 0.249. The number of aliphatic carboxylic acids is 1. The van der Waals surface area contributed by atoms with E-state index in [4.69, 9.17) is 4.74 Å². The molecule has 1 amide bonds. The molecule has 0 radical (unpaired) electrons. The maximum atomic E-state index is 13.0. The standard InChI is InChI=1S/C24H21F3N2O4S/c1-23(2,22(31)32)33-18-8-5-16-12-29(10-9-15(16)11-18)21(30)20-28-19(13-34-20)14-3-6-17(7-4-14)24(25,26)27/h3-8,11,13H,9-10,12H2,1-2H3,(H,31,32). The number of alkyl halides is 3. The van der Waals surface area contributed by atoms with E-state index in [0.29, 0.717) is 36.5 Å². The molecular formula is C24H21F3N2O4S. The fraction of sp³-hybridized carbons (Fsp3) is 0.292. The lowest BCUT2D eigenvalue weighted by Crippen LogP contribution is -2.38. The topological polar surface area (TPSA) is 79.7 Å². The summed E-state index contributed by atoms with van der Waals surface area (Å²) in [5, 5.41) is 11.2. The lowest BCUT2D eigenvalue weighted by atomic mass is 9.99. The Balaban J connectivity index is 1.46. The summed E-state index contributed by atoms with van der Waals surface area (Å²) in [6, 6.07) is 9.97. The Kier molecular flexibility index (Phi) is 6.11. The lowest BCUT2D eigenvalue weighted by Gasteiger charge is -2.29. The summed E-state index contributed by atoms with van der Waals surface area (Å²) in [6.07, 6.45) is -3.84. The van der Waals surface area contributed by atoms with Crippen molar-refractivity contribution in [3.63, 3.8) is 0 Å². The zero-order valence-corrected chi connectivity index (χ0v) is 19.2. The number of hydrogen-bond donors (Lipinski definition) is 1. The molecule has 1 aromatic heterocycles. The van der Waals surface area contributed by atoms with Crippen molar-refractivity contribution in [2.75, 3.05) is 6.54 Å². The number of fused-ring (bicyclic) bond motifs is 1. The van der Waals surface area contributed by atoms with Gasteiger partial charge in [-0.3, -0.25) is 4.79 Å². The second kappa shape index (κ2) is 8.75. The van der Waals surface area contributed by atoms with Gasteiger partial charge >= 0.3 is 12.1 Å². The highest BCUT2D eigenvalue weighted by atomic mass is 32.1. The molecule has 0 aliphatic carbocycles. The van der Waals surface area contributed by atoms with Crippen LogP contribution in [-0.2, 0) is 23.9 Å². The number of thiazole rings is 1. The summed E-state index contributed by atoms with van der Waals surface area (Å²) in [5.74, 6) is -0.866. The summed E-state index contributed by atoms with van der Waals surface area (Å²) < 4.78 is 43.9. The Bertz CT molecular complexity index is 1240. The van der Waals surface area contributed by atoms with Crippen LogP contribution in [0.4, 0.5) is 13.2 Å². The molecule has 2 aromatic carbocycles. The van der Waals surface area contributed by atoms with Gasteiger partial charge in [0, 0.05) is 24.0 Å². The van der Waals surface area contributed by atoms with E-state index in [1.54, 1.807) is 22.4 Å². The molecule has 0 bridgehead atoms. The van der Waals surface area contributed by atoms with Crippen LogP contribution in [0.2, 0.25) is 0 Å². The van der Waals surface area contributed by atoms with Crippen molar-refractivity contribution in [2.24, 2.45) is 0 Å². The maximum absolute atomic E-state index is 13.0. The zero-order chi connectivity index (χ0) is 24.7.